The first kappa shape index (κ1) is 13.1. The average Bonchev–Trinajstić information content (AvgIpc) is 2.90. The fraction of sp³-hybridized carbons (Fsp3) is 0.133. The molecule has 1 aliphatic rings. The zero-order chi connectivity index (χ0) is 14.8. The van der Waals surface area contributed by atoms with Crippen LogP contribution in [0.3, 0.4) is 0 Å². The second kappa shape index (κ2) is 5.24. The molecule has 0 bridgehead atoms. The number of benzene rings is 1. The van der Waals surface area contributed by atoms with Crippen LogP contribution in [0.15, 0.2) is 41.7 Å². The molecule has 2 aromatic rings. The van der Waals surface area contributed by atoms with E-state index in [9.17, 15) is 14.9 Å². The van der Waals surface area contributed by atoms with Crippen LogP contribution in [-0.4, -0.2) is 21.9 Å². The third kappa shape index (κ3) is 2.31. The smallest absolute Gasteiger partial charge is 0.273 e. The Bertz CT molecular complexity index is 754. The van der Waals surface area contributed by atoms with Gasteiger partial charge >= 0.3 is 0 Å². The highest BCUT2D eigenvalue weighted by Gasteiger charge is 2.24. The third-order valence-corrected chi connectivity index (χ3v) is 3.42. The van der Waals surface area contributed by atoms with E-state index in [2.05, 4.69) is 9.98 Å². The molecule has 21 heavy (non-hydrogen) atoms. The van der Waals surface area contributed by atoms with Crippen molar-refractivity contribution in [2.24, 2.45) is 4.99 Å². The molecule has 3 rings (SSSR count). The van der Waals surface area contributed by atoms with Crippen LogP contribution in [0.5, 0.6) is 0 Å². The van der Waals surface area contributed by atoms with E-state index in [0.717, 1.165) is 22.4 Å². The predicted octanol–water partition coefficient (Wildman–Crippen LogP) is 2.08. The molecule has 0 saturated heterocycles. The number of carbonyl (C=O) groups excluding carboxylic acids is 1. The van der Waals surface area contributed by atoms with Crippen molar-refractivity contribution in [2.75, 3.05) is 0 Å². The normalized spacial score (nSPS) is 12.7. The van der Waals surface area contributed by atoms with E-state index in [1.54, 1.807) is 18.5 Å². The third-order valence-electron chi connectivity index (χ3n) is 3.42. The molecule has 0 amide bonds. The number of aliphatic imine (C=N–C) groups is 1. The van der Waals surface area contributed by atoms with Crippen molar-refractivity contribution in [3.05, 3.63) is 69.0 Å². The van der Waals surface area contributed by atoms with E-state index < -0.39 is 4.92 Å². The summed E-state index contributed by atoms with van der Waals surface area (Å²) in [5.74, 6) is 0. The van der Waals surface area contributed by atoms with E-state index in [0.29, 0.717) is 18.4 Å². The number of nitrogens with zero attached hydrogens (tertiary/aromatic N) is 3. The van der Waals surface area contributed by atoms with Crippen molar-refractivity contribution in [1.29, 1.82) is 0 Å². The predicted molar refractivity (Wildman–Crippen MR) is 76.4 cm³/mol. The van der Waals surface area contributed by atoms with Gasteiger partial charge in [-0.3, -0.25) is 20.1 Å². The summed E-state index contributed by atoms with van der Waals surface area (Å²) in [6, 6.07) is 6.91. The van der Waals surface area contributed by atoms with Gasteiger partial charge in [0.2, 0.25) is 0 Å². The average molecular weight is 281 g/mol. The van der Waals surface area contributed by atoms with Crippen molar-refractivity contribution in [3.8, 4) is 0 Å². The number of rotatable bonds is 4. The minimum atomic E-state index is -0.455. The highest BCUT2D eigenvalue weighted by Crippen LogP contribution is 2.30. The first-order valence-corrected chi connectivity index (χ1v) is 6.39. The van der Waals surface area contributed by atoms with E-state index in [1.807, 2.05) is 12.1 Å². The van der Waals surface area contributed by atoms with Gasteiger partial charge in [0.05, 0.1) is 17.2 Å². The Kier molecular flexibility index (Phi) is 3.27. The summed E-state index contributed by atoms with van der Waals surface area (Å²) in [6.45, 7) is 0.412. The molecule has 104 valence electrons. The van der Waals surface area contributed by atoms with Crippen molar-refractivity contribution < 1.29 is 9.72 Å². The van der Waals surface area contributed by atoms with Gasteiger partial charge in [-0.15, -0.1) is 0 Å². The Balaban J connectivity index is 2.11. The Morgan fingerprint density at radius 1 is 1.29 bits per heavy atom. The Morgan fingerprint density at radius 3 is 2.71 bits per heavy atom. The van der Waals surface area contributed by atoms with Crippen LogP contribution in [0.1, 0.15) is 22.3 Å². The minimum absolute atomic E-state index is 0.0211. The number of aldehydes is 1. The molecule has 0 N–H and O–H groups in total. The molecular weight excluding hydrogens is 270 g/mol. The molecule has 0 aliphatic carbocycles. The fourth-order valence-corrected chi connectivity index (χ4v) is 2.46. The largest absolute Gasteiger partial charge is 0.303 e. The lowest BCUT2D eigenvalue weighted by Crippen LogP contribution is -2.05. The molecule has 0 atom stereocenters. The zero-order valence-electron chi connectivity index (χ0n) is 11.0. The quantitative estimate of drug-likeness (QED) is 0.488. The van der Waals surface area contributed by atoms with E-state index in [-0.39, 0.29) is 12.1 Å². The lowest BCUT2D eigenvalue weighted by Gasteiger charge is -2.07. The van der Waals surface area contributed by atoms with Crippen molar-refractivity contribution >= 4 is 17.7 Å². The van der Waals surface area contributed by atoms with Gasteiger partial charge in [-0.05, 0) is 23.8 Å². The van der Waals surface area contributed by atoms with Crippen LogP contribution < -0.4 is 0 Å². The van der Waals surface area contributed by atoms with Gasteiger partial charge in [-0.25, -0.2) is 0 Å². The standard InChI is InChI=1S/C15H11N3O3/c19-6-3-11-7-13-12(8-14(11)18(20)21)9-17-15(13)10-1-4-16-5-2-10/h1-2,4-8H,3,9H2. The maximum atomic E-state index is 11.1. The maximum absolute atomic E-state index is 11.1. The van der Waals surface area contributed by atoms with Crippen molar-refractivity contribution in [1.82, 2.24) is 4.98 Å². The van der Waals surface area contributed by atoms with Crippen LogP contribution in [0.2, 0.25) is 0 Å². The highest BCUT2D eigenvalue weighted by atomic mass is 16.6. The van der Waals surface area contributed by atoms with Crippen LogP contribution in [-0.2, 0) is 17.8 Å². The van der Waals surface area contributed by atoms with Crippen LogP contribution in [0, 0.1) is 10.1 Å². The van der Waals surface area contributed by atoms with Crippen LogP contribution in [0.25, 0.3) is 0 Å². The Morgan fingerprint density at radius 2 is 2.05 bits per heavy atom. The maximum Gasteiger partial charge on any atom is 0.273 e. The number of nitro groups is 1. The molecule has 0 spiro atoms. The number of pyridine rings is 1. The topological polar surface area (TPSA) is 85.5 Å². The summed E-state index contributed by atoms with van der Waals surface area (Å²) in [6.07, 6.45) is 4.04. The van der Waals surface area contributed by atoms with Gasteiger partial charge in [0.25, 0.3) is 5.69 Å². The number of hydrogen-bond donors (Lipinski definition) is 0. The summed E-state index contributed by atoms with van der Waals surface area (Å²) >= 11 is 0. The molecule has 2 heterocycles. The monoisotopic (exact) mass is 281 g/mol. The SMILES string of the molecule is O=CCc1cc2c(cc1[N+](=O)[O-])CN=C2c1ccncc1. The van der Waals surface area contributed by atoms with Crippen molar-refractivity contribution in [2.45, 2.75) is 13.0 Å². The van der Waals surface area contributed by atoms with Gasteiger partial charge < -0.3 is 4.79 Å². The molecule has 0 fully saturated rings. The lowest BCUT2D eigenvalue weighted by atomic mass is 9.96. The van der Waals surface area contributed by atoms with Gasteiger partial charge in [-0.2, -0.15) is 0 Å². The van der Waals surface area contributed by atoms with E-state index in [4.69, 9.17) is 0 Å². The summed E-state index contributed by atoms with van der Waals surface area (Å²) in [7, 11) is 0. The fourth-order valence-electron chi connectivity index (χ4n) is 2.46. The van der Waals surface area contributed by atoms with Crippen LogP contribution in [0.4, 0.5) is 5.69 Å². The van der Waals surface area contributed by atoms with E-state index >= 15 is 0 Å². The summed E-state index contributed by atoms with van der Waals surface area (Å²) in [4.78, 5) is 29.8. The summed E-state index contributed by atoms with van der Waals surface area (Å²) in [5.41, 5.74) is 3.75. The highest BCUT2D eigenvalue weighted by molar-refractivity contribution is 6.15. The molecule has 6 nitrogen and oxygen atoms in total. The first-order chi connectivity index (χ1) is 10.2. The van der Waals surface area contributed by atoms with E-state index in [1.165, 1.54) is 6.07 Å². The zero-order valence-corrected chi connectivity index (χ0v) is 11.0. The molecule has 6 heteroatoms. The lowest BCUT2D eigenvalue weighted by molar-refractivity contribution is -0.385. The number of nitro benzene ring substituents is 1. The number of aromatic nitrogens is 1. The van der Waals surface area contributed by atoms with Gasteiger partial charge in [0, 0.05) is 41.6 Å². The number of carbonyl (C=O) groups is 1. The van der Waals surface area contributed by atoms with Gasteiger partial charge in [0.1, 0.15) is 6.29 Å². The Hall–Kier alpha value is -2.89. The second-order valence-corrected chi connectivity index (χ2v) is 4.67. The molecule has 1 aliphatic heterocycles. The summed E-state index contributed by atoms with van der Waals surface area (Å²) in [5, 5.41) is 11.1. The first-order valence-electron chi connectivity index (χ1n) is 6.39. The number of hydrogen-bond acceptors (Lipinski definition) is 5. The second-order valence-electron chi connectivity index (χ2n) is 4.67. The molecular formula is C15H11N3O3. The minimum Gasteiger partial charge on any atom is -0.303 e. The van der Waals surface area contributed by atoms with Crippen molar-refractivity contribution in [3.63, 3.8) is 0 Å². The molecule has 1 aromatic heterocycles. The molecule has 1 aromatic carbocycles. The molecule has 0 saturated carbocycles. The van der Waals surface area contributed by atoms with Gasteiger partial charge in [0.15, 0.2) is 0 Å². The number of fused-ring (bicyclic) bond motifs is 1. The Labute approximate surface area is 120 Å². The summed E-state index contributed by atoms with van der Waals surface area (Å²) < 4.78 is 0. The molecule has 0 unspecified atom stereocenters. The van der Waals surface area contributed by atoms with Crippen LogP contribution >= 0.6 is 0 Å². The molecule has 0 radical (unpaired) electrons. The van der Waals surface area contributed by atoms with Gasteiger partial charge in [-0.1, -0.05) is 0 Å².